The molecule has 1 atom stereocenters. The van der Waals surface area contributed by atoms with Crippen molar-refractivity contribution in [1.29, 1.82) is 0 Å². The monoisotopic (exact) mass is 236 g/mol. The van der Waals surface area contributed by atoms with Crippen molar-refractivity contribution >= 4 is 11.6 Å². The first-order chi connectivity index (χ1) is 8.09. The minimum absolute atomic E-state index is 0.0259. The Labute approximate surface area is 99.8 Å². The highest BCUT2D eigenvalue weighted by atomic mass is 16.5. The van der Waals surface area contributed by atoms with Crippen molar-refractivity contribution in [2.45, 2.75) is 13.0 Å². The molecule has 1 aromatic carbocycles. The van der Waals surface area contributed by atoms with E-state index in [0.717, 1.165) is 0 Å². The zero-order valence-corrected chi connectivity index (χ0v) is 9.72. The summed E-state index contributed by atoms with van der Waals surface area (Å²) < 4.78 is 5.28. The van der Waals surface area contributed by atoms with Gasteiger partial charge in [0.15, 0.2) is 0 Å². The molecule has 0 aromatic heterocycles. The first-order valence-electron chi connectivity index (χ1n) is 5.57. The second-order valence-corrected chi connectivity index (χ2v) is 4.19. The molecule has 0 spiro atoms. The van der Waals surface area contributed by atoms with Gasteiger partial charge in [-0.25, -0.2) is 0 Å². The number of nitrogens with two attached hydrogens (primary N) is 1. The standard InChI is InChI=1S/C12H16N2O3/c1-8-7-17-5-4-14(8)12(16)10-6-9(15)2-3-11(10)13/h2-3,6,8,15H,4-5,7,13H2,1H3/t8-/m1/s1. The topological polar surface area (TPSA) is 75.8 Å². The summed E-state index contributed by atoms with van der Waals surface area (Å²) >= 11 is 0. The van der Waals surface area contributed by atoms with Crippen LogP contribution in [0.25, 0.3) is 0 Å². The average molecular weight is 236 g/mol. The first kappa shape index (κ1) is 11.7. The van der Waals surface area contributed by atoms with Crippen LogP contribution in [-0.2, 0) is 4.74 Å². The molecule has 0 bridgehead atoms. The van der Waals surface area contributed by atoms with Gasteiger partial charge in [-0.15, -0.1) is 0 Å². The molecule has 1 heterocycles. The van der Waals surface area contributed by atoms with Gasteiger partial charge in [0.2, 0.25) is 0 Å². The molecule has 5 heteroatoms. The molecule has 1 amide bonds. The van der Waals surface area contributed by atoms with Crippen molar-refractivity contribution in [3.8, 4) is 5.75 Å². The summed E-state index contributed by atoms with van der Waals surface area (Å²) in [4.78, 5) is 14.0. The van der Waals surface area contributed by atoms with E-state index in [1.807, 2.05) is 6.92 Å². The summed E-state index contributed by atoms with van der Waals surface area (Å²) in [6.45, 7) is 3.55. The highest BCUT2D eigenvalue weighted by Crippen LogP contribution is 2.21. The molecule has 1 saturated heterocycles. The van der Waals surface area contributed by atoms with Gasteiger partial charge in [0.05, 0.1) is 24.8 Å². The van der Waals surface area contributed by atoms with Gasteiger partial charge < -0.3 is 20.5 Å². The second kappa shape index (κ2) is 4.63. The van der Waals surface area contributed by atoms with Crippen molar-refractivity contribution in [1.82, 2.24) is 4.90 Å². The van der Waals surface area contributed by atoms with Gasteiger partial charge in [-0.2, -0.15) is 0 Å². The van der Waals surface area contributed by atoms with Crippen LogP contribution in [0.2, 0.25) is 0 Å². The van der Waals surface area contributed by atoms with Crippen LogP contribution in [0.15, 0.2) is 18.2 Å². The summed E-state index contributed by atoms with van der Waals surface area (Å²) in [5.74, 6) is -0.113. The molecular weight excluding hydrogens is 220 g/mol. The summed E-state index contributed by atoms with van der Waals surface area (Å²) in [6, 6.07) is 4.43. The highest BCUT2D eigenvalue weighted by molar-refractivity contribution is 5.99. The molecule has 3 N–H and O–H groups in total. The van der Waals surface area contributed by atoms with E-state index in [1.165, 1.54) is 18.2 Å². The van der Waals surface area contributed by atoms with Gasteiger partial charge in [-0.3, -0.25) is 4.79 Å². The third-order valence-electron chi connectivity index (χ3n) is 2.90. The van der Waals surface area contributed by atoms with Crippen molar-refractivity contribution in [3.05, 3.63) is 23.8 Å². The number of nitrogens with zero attached hydrogens (tertiary/aromatic N) is 1. The number of nitrogen functional groups attached to an aromatic ring is 1. The molecule has 17 heavy (non-hydrogen) atoms. The van der Waals surface area contributed by atoms with Crippen LogP contribution in [0.1, 0.15) is 17.3 Å². The van der Waals surface area contributed by atoms with E-state index < -0.39 is 0 Å². The number of phenols is 1. The Balaban J connectivity index is 2.26. The smallest absolute Gasteiger partial charge is 0.256 e. The molecular formula is C12H16N2O3. The Morgan fingerprint density at radius 2 is 2.35 bits per heavy atom. The van der Waals surface area contributed by atoms with E-state index in [4.69, 9.17) is 10.5 Å². The molecule has 0 aliphatic carbocycles. The van der Waals surface area contributed by atoms with Crippen LogP contribution in [0.4, 0.5) is 5.69 Å². The van der Waals surface area contributed by atoms with Gasteiger partial charge in [0, 0.05) is 12.2 Å². The minimum Gasteiger partial charge on any atom is -0.508 e. The minimum atomic E-state index is -0.158. The molecule has 1 fully saturated rings. The maximum Gasteiger partial charge on any atom is 0.256 e. The summed E-state index contributed by atoms with van der Waals surface area (Å²) in [6.07, 6.45) is 0. The maximum atomic E-state index is 12.3. The number of hydrogen-bond acceptors (Lipinski definition) is 4. The van der Waals surface area contributed by atoms with E-state index in [-0.39, 0.29) is 17.7 Å². The van der Waals surface area contributed by atoms with E-state index in [2.05, 4.69) is 0 Å². The average Bonchev–Trinajstić information content (AvgIpc) is 2.32. The van der Waals surface area contributed by atoms with Crippen molar-refractivity contribution in [3.63, 3.8) is 0 Å². The largest absolute Gasteiger partial charge is 0.508 e. The third-order valence-corrected chi connectivity index (χ3v) is 2.90. The van der Waals surface area contributed by atoms with Crippen LogP contribution in [-0.4, -0.2) is 41.7 Å². The lowest BCUT2D eigenvalue weighted by atomic mass is 10.1. The molecule has 2 rings (SSSR count). The normalized spacial score (nSPS) is 20.3. The number of benzene rings is 1. The third kappa shape index (κ3) is 2.34. The van der Waals surface area contributed by atoms with Gasteiger partial charge >= 0.3 is 0 Å². The van der Waals surface area contributed by atoms with Gasteiger partial charge in [-0.05, 0) is 25.1 Å². The van der Waals surface area contributed by atoms with Crippen molar-refractivity contribution in [2.24, 2.45) is 0 Å². The number of hydrogen-bond donors (Lipinski definition) is 2. The zero-order chi connectivity index (χ0) is 12.4. The number of anilines is 1. The van der Waals surface area contributed by atoms with Crippen molar-refractivity contribution < 1.29 is 14.6 Å². The molecule has 0 unspecified atom stereocenters. The zero-order valence-electron chi connectivity index (χ0n) is 9.72. The van der Waals surface area contributed by atoms with Crippen LogP contribution in [0.3, 0.4) is 0 Å². The fourth-order valence-corrected chi connectivity index (χ4v) is 1.91. The molecule has 92 valence electrons. The lowest BCUT2D eigenvalue weighted by molar-refractivity contribution is 0.00364. The molecule has 1 aliphatic heterocycles. The Hall–Kier alpha value is -1.75. The second-order valence-electron chi connectivity index (χ2n) is 4.19. The fraction of sp³-hybridized carbons (Fsp3) is 0.417. The summed E-state index contributed by atoms with van der Waals surface area (Å²) in [5.41, 5.74) is 6.48. The predicted octanol–water partition coefficient (Wildman–Crippen LogP) is 0.835. The maximum absolute atomic E-state index is 12.3. The number of amides is 1. The number of phenolic OH excluding ortho intramolecular Hbond substituents is 1. The van der Waals surface area contributed by atoms with E-state index in [1.54, 1.807) is 4.90 Å². The Morgan fingerprint density at radius 3 is 3.06 bits per heavy atom. The lowest BCUT2D eigenvalue weighted by Gasteiger charge is -2.33. The van der Waals surface area contributed by atoms with Crippen LogP contribution in [0.5, 0.6) is 5.75 Å². The van der Waals surface area contributed by atoms with Gasteiger partial charge in [0.25, 0.3) is 5.91 Å². The number of morpholine rings is 1. The number of ether oxygens (including phenoxy) is 1. The van der Waals surface area contributed by atoms with Crippen molar-refractivity contribution in [2.75, 3.05) is 25.5 Å². The molecule has 5 nitrogen and oxygen atoms in total. The van der Waals surface area contributed by atoms with Crippen LogP contribution >= 0.6 is 0 Å². The summed E-state index contributed by atoms with van der Waals surface area (Å²) in [7, 11) is 0. The molecule has 0 saturated carbocycles. The summed E-state index contributed by atoms with van der Waals surface area (Å²) in [5, 5.41) is 9.40. The number of carbonyl (C=O) groups excluding carboxylic acids is 1. The SMILES string of the molecule is C[C@@H]1COCCN1C(=O)c1cc(O)ccc1N. The molecule has 0 radical (unpaired) electrons. The number of rotatable bonds is 1. The van der Waals surface area contributed by atoms with Crippen LogP contribution < -0.4 is 5.73 Å². The Bertz CT molecular complexity index is 434. The molecule has 1 aliphatic rings. The Morgan fingerprint density at radius 1 is 1.59 bits per heavy atom. The first-order valence-corrected chi connectivity index (χ1v) is 5.57. The highest BCUT2D eigenvalue weighted by Gasteiger charge is 2.26. The predicted molar refractivity (Wildman–Crippen MR) is 63.8 cm³/mol. The lowest BCUT2D eigenvalue weighted by Crippen LogP contribution is -2.47. The van der Waals surface area contributed by atoms with E-state index >= 15 is 0 Å². The van der Waals surface area contributed by atoms with Gasteiger partial charge in [-0.1, -0.05) is 0 Å². The van der Waals surface area contributed by atoms with Gasteiger partial charge in [0.1, 0.15) is 5.75 Å². The fourth-order valence-electron chi connectivity index (χ4n) is 1.91. The van der Waals surface area contributed by atoms with Crippen LogP contribution in [0, 0.1) is 0 Å². The Kier molecular flexibility index (Phi) is 3.19. The quantitative estimate of drug-likeness (QED) is 0.559. The molecule has 1 aromatic rings. The number of carbonyl (C=O) groups is 1. The number of aromatic hydroxyl groups is 1. The van der Waals surface area contributed by atoms with E-state index in [0.29, 0.717) is 31.0 Å². The van der Waals surface area contributed by atoms with E-state index in [9.17, 15) is 9.90 Å².